The number of carbonyl (C=O) groups excluding carboxylic acids is 2. The zero-order chi connectivity index (χ0) is 17.4. The van der Waals surface area contributed by atoms with Gasteiger partial charge in [0.15, 0.2) is 11.5 Å². The van der Waals surface area contributed by atoms with E-state index in [0.29, 0.717) is 24.6 Å². The molecule has 25 heavy (non-hydrogen) atoms. The Labute approximate surface area is 147 Å². The summed E-state index contributed by atoms with van der Waals surface area (Å²) < 4.78 is 10.7. The fourth-order valence-electron chi connectivity index (χ4n) is 3.74. The van der Waals surface area contributed by atoms with Gasteiger partial charge in [0.25, 0.3) is 0 Å². The normalized spacial score (nSPS) is 22.7. The largest absolute Gasteiger partial charge is 0.454 e. The zero-order valence-corrected chi connectivity index (χ0v) is 14.4. The van der Waals surface area contributed by atoms with Crippen LogP contribution < -0.4 is 14.4 Å². The topological polar surface area (TPSA) is 62.3 Å². The number of piperidine rings is 1. The molecule has 3 amide bonds. The number of anilines is 1. The first-order valence-corrected chi connectivity index (χ1v) is 8.89. The monoisotopic (exact) mass is 345 g/mol. The first-order chi connectivity index (χ1) is 12.1. The standard InChI is InChI=1S/C18H23N3O4/c1-13-4-2-3-7-20(13)17(22)11-19-8-9-21(18(19)23)14-5-6-15-16(10-14)25-12-24-15/h5-6,10,13H,2-4,7-9,11-12H2,1H3. The third kappa shape index (κ3) is 2.99. The predicted molar refractivity (Wildman–Crippen MR) is 91.9 cm³/mol. The van der Waals surface area contributed by atoms with Crippen LogP contribution >= 0.6 is 0 Å². The first-order valence-electron chi connectivity index (χ1n) is 8.89. The van der Waals surface area contributed by atoms with Crippen LogP contribution in [-0.4, -0.2) is 60.8 Å². The molecule has 3 aliphatic rings. The number of urea groups is 1. The van der Waals surface area contributed by atoms with Crippen molar-refractivity contribution in [3.8, 4) is 11.5 Å². The molecule has 7 heteroatoms. The molecule has 2 saturated heterocycles. The quantitative estimate of drug-likeness (QED) is 0.841. The van der Waals surface area contributed by atoms with E-state index in [1.54, 1.807) is 9.80 Å². The number of nitrogens with zero attached hydrogens (tertiary/aromatic N) is 3. The second kappa shape index (κ2) is 6.46. The number of fused-ring (bicyclic) bond motifs is 1. The summed E-state index contributed by atoms with van der Waals surface area (Å²) in [6, 6.07) is 5.62. The minimum Gasteiger partial charge on any atom is -0.454 e. The Hall–Kier alpha value is -2.44. The number of benzene rings is 1. The van der Waals surface area contributed by atoms with Crippen molar-refractivity contribution < 1.29 is 19.1 Å². The summed E-state index contributed by atoms with van der Waals surface area (Å²) in [4.78, 5) is 30.5. The van der Waals surface area contributed by atoms with E-state index in [-0.39, 0.29) is 31.3 Å². The van der Waals surface area contributed by atoms with Crippen LogP contribution in [0, 0.1) is 0 Å². The SMILES string of the molecule is CC1CCCCN1C(=O)CN1CCN(c2ccc3c(c2)OCO3)C1=O. The molecule has 0 aliphatic carbocycles. The van der Waals surface area contributed by atoms with E-state index >= 15 is 0 Å². The molecular formula is C18H23N3O4. The van der Waals surface area contributed by atoms with Gasteiger partial charge in [-0.1, -0.05) is 0 Å². The maximum Gasteiger partial charge on any atom is 0.325 e. The van der Waals surface area contributed by atoms with Crippen LogP contribution in [0.1, 0.15) is 26.2 Å². The Morgan fingerprint density at radius 3 is 2.84 bits per heavy atom. The molecule has 3 heterocycles. The molecule has 1 aromatic carbocycles. The molecule has 0 bridgehead atoms. The van der Waals surface area contributed by atoms with Crippen molar-refractivity contribution in [2.75, 3.05) is 37.9 Å². The van der Waals surface area contributed by atoms with Crippen molar-refractivity contribution in [1.29, 1.82) is 0 Å². The lowest BCUT2D eigenvalue weighted by Crippen LogP contribution is -2.47. The van der Waals surface area contributed by atoms with Gasteiger partial charge in [-0.3, -0.25) is 9.69 Å². The minimum atomic E-state index is -0.128. The molecule has 134 valence electrons. The smallest absolute Gasteiger partial charge is 0.325 e. The number of amides is 3. The molecule has 0 spiro atoms. The summed E-state index contributed by atoms with van der Waals surface area (Å²) in [5, 5.41) is 0. The number of rotatable bonds is 3. The van der Waals surface area contributed by atoms with E-state index < -0.39 is 0 Å². The maximum atomic E-state index is 12.7. The van der Waals surface area contributed by atoms with Gasteiger partial charge in [0.2, 0.25) is 12.7 Å². The van der Waals surface area contributed by atoms with Crippen molar-refractivity contribution in [3.63, 3.8) is 0 Å². The highest BCUT2D eigenvalue weighted by Gasteiger charge is 2.33. The van der Waals surface area contributed by atoms with Gasteiger partial charge in [-0.05, 0) is 38.3 Å². The molecule has 4 rings (SSSR count). The second-order valence-corrected chi connectivity index (χ2v) is 6.83. The van der Waals surface area contributed by atoms with Crippen molar-refractivity contribution in [2.24, 2.45) is 0 Å². The Kier molecular flexibility index (Phi) is 4.15. The third-order valence-electron chi connectivity index (χ3n) is 5.21. The van der Waals surface area contributed by atoms with Crippen LogP contribution in [0.2, 0.25) is 0 Å². The lowest BCUT2D eigenvalue weighted by molar-refractivity contribution is -0.134. The van der Waals surface area contributed by atoms with Crippen LogP contribution in [-0.2, 0) is 4.79 Å². The molecule has 0 aromatic heterocycles. The van der Waals surface area contributed by atoms with Crippen LogP contribution in [0.15, 0.2) is 18.2 Å². The van der Waals surface area contributed by atoms with Gasteiger partial charge >= 0.3 is 6.03 Å². The Bertz CT molecular complexity index is 693. The number of carbonyl (C=O) groups is 2. The van der Waals surface area contributed by atoms with Crippen LogP contribution in [0.5, 0.6) is 11.5 Å². The summed E-state index contributed by atoms with van der Waals surface area (Å²) in [5.74, 6) is 1.40. The Balaban J connectivity index is 1.42. The van der Waals surface area contributed by atoms with Gasteiger partial charge in [0.1, 0.15) is 6.54 Å². The fraction of sp³-hybridized carbons (Fsp3) is 0.556. The van der Waals surface area contributed by atoms with E-state index in [1.807, 2.05) is 23.1 Å². The van der Waals surface area contributed by atoms with Crippen molar-refractivity contribution in [2.45, 2.75) is 32.2 Å². The molecule has 0 saturated carbocycles. The van der Waals surface area contributed by atoms with E-state index in [0.717, 1.165) is 25.1 Å². The van der Waals surface area contributed by atoms with Gasteiger partial charge in [-0.25, -0.2) is 4.79 Å². The molecule has 0 N–H and O–H groups in total. The fourth-order valence-corrected chi connectivity index (χ4v) is 3.74. The Morgan fingerprint density at radius 1 is 1.16 bits per heavy atom. The average Bonchev–Trinajstić information content (AvgIpc) is 3.22. The highest BCUT2D eigenvalue weighted by atomic mass is 16.7. The second-order valence-electron chi connectivity index (χ2n) is 6.83. The van der Waals surface area contributed by atoms with E-state index in [4.69, 9.17) is 9.47 Å². The van der Waals surface area contributed by atoms with E-state index in [2.05, 4.69) is 6.92 Å². The summed E-state index contributed by atoms with van der Waals surface area (Å²) in [5.41, 5.74) is 0.774. The van der Waals surface area contributed by atoms with Gasteiger partial charge in [0.05, 0.1) is 0 Å². The number of hydrogen-bond donors (Lipinski definition) is 0. The van der Waals surface area contributed by atoms with Crippen molar-refractivity contribution >= 4 is 17.6 Å². The zero-order valence-electron chi connectivity index (χ0n) is 14.4. The molecule has 3 aliphatic heterocycles. The highest BCUT2D eigenvalue weighted by Crippen LogP contribution is 2.36. The number of ether oxygens (including phenoxy) is 2. The third-order valence-corrected chi connectivity index (χ3v) is 5.21. The molecule has 7 nitrogen and oxygen atoms in total. The van der Waals surface area contributed by atoms with Crippen molar-refractivity contribution in [3.05, 3.63) is 18.2 Å². The summed E-state index contributed by atoms with van der Waals surface area (Å²) in [6.45, 7) is 4.38. The van der Waals surface area contributed by atoms with Crippen LogP contribution in [0.4, 0.5) is 10.5 Å². The average molecular weight is 345 g/mol. The maximum absolute atomic E-state index is 12.7. The van der Waals surface area contributed by atoms with Gasteiger partial charge in [0, 0.05) is 37.4 Å². The first kappa shape index (κ1) is 16.1. The number of hydrogen-bond acceptors (Lipinski definition) is 4. The molecule has 2 fully saturated rings. The van der Waals surface area contributed by atoms with Gasteiger partial charge < -0.3 is 19.3 Å². The van der Waals surface area contributed by atoms with Crippen LogP contribution in [0.3, 0.4) is 0 Å². The lowest BCUT2D eigenvalue weighted by atomic mass is 10.0. The molecule has 1 unspecified atom stereocenters. The lowest BCUT2D eigenvalue weighted by Gasteiger charge is -2.34. The summed E-state index contributed by atoms with van der Waals surface area (Å²) in [7, 11) is 0. The van der Waals surface area contributed by atoms with Gasteiger partial charge in [-0.15, -0.1) is 0 Å². The highest BCUT2D eigenvalue weighted by molar-refractivity contribution is 5.96. The van der Waals surface area contributed by atoms with E-state index in [9.17, 15) is 9.59 Å². The minimum absolute atomic E-state index is 0.0492. The molecule has 1 aromatic rings. The molecule has 0 radical (unpaired) electrons. The van der Waals surface area contributed by atoms with Crippen LogP contribution in [0.25, 0.3) is 0 Å². The molecular weight excluding hydrogens is 322 g/mol. The summed E-state index contributed by atoms with van der Waals surface area (Å²) in [6.07, 6.45) is 3.27. The summed E-state index contributed by atoms with van der Waals surface area (Å²) >= 11 is 0. The Morgan fingerprint density at radius 2 is 2.00 bits per heavy atom. The molecule has 1 atom stereocenters. The van der Waals surface area contributed by atoms with Gasteiger partial charge in [-0.2, -0.15) is 0 Å². The number of likely N-dealkylation sites (tertiary alicyclic amines) is 1. The predicted octanol–water partition coefficient (Wildman–Crippen LogP) is 2.06. The van der Waals surface area contributed by atoms with E-state index in [1.165, 1.54) is 6.42 Å². The van der Waals surface area contributed by atoms with Crippen molar-refractivity contribution in [1.82, 2.24) is 9.80 Å².